The maximum absolute atomic E-state index is 14.0. The summed E-state index contributed by atoms with van der Waals surface area (Å²) in [5, 5.41) is 8.26. The van der Waals surface area contributed by atoms with Crippen molar-refractivity contribution in [3.05, 3.63) is 48.2 Å². The Kier molecular flexibility index (Phi) is 3.10. The van der Waals surface area contributed by atoms with Crippen molar-refractivity contribution in [3.8, 4) is 16.9 Å². The number of nitrogens with zero attached hydrogens (tertiary/aromatic N) is 3. The summed E-state index contributed by atoms with van der Waals surface area (Å²) in [6.45, 7) is 2.01. The lowest BCUT2D eigenvalue weighted by Crippen LogP contribution is -1.97. The summed E-state index contributed by atoms with van der Waals surface area (Å²) >= 11 is 0. The minimum absolute atomic E-state index is 0.287. The van der Waals surface area contributed by atoms with Crippen LogP contribution in [-0.4, -0.2) is 21.7 Å². The zero-order chi connectivity index (χ0) is 14.1. The Morgan fingerprint density at radius 2 is 1.95 bits per heavy atom. The summed E-state index contributed by atoms with van der Waals surface area (Å²) in [4.78, 5) is 0. The molecule has 5 heteroatoms. The lowest BCUT2D eigenvalue weighted by Gasteiger charge is -2.10. The van der Waals surface area contributed by atoms with Crippen molar-refractivity contribution in [2.75, 3.05) is 7.11 Å². The lowest BCUT2D eigenvalue weighted by atomic mass is 10.1. The number of rotatable bonds is 3. The molecular formula is C15H14FN3O. The molecule has 0 aliphatic carbocycles. The van der Waals surface area contributed by atoms with E-state index in [2.05, 4.69) is 10.2 Å². The smallest absolute Gasteiger partial charge is 0.203 e. The van der Waals surface area contributed by atoms with Crippen molar-refractivity contribution in [2.24, 2.45) is 0 Å². The van der Waals surface area contributed by atoms with E-state index in [4.69, 9.17) is 4.74 Å². The van der Waals surface area contributed by atoms with Gasteiger partial charge in [0.15, 0.2) is 5.75 Å². The molecule has 2 heterocycles. The molecule has 1 aromatic carbocycles. The van der Waals surface area contributed by atoms with Gasteiger partial charge in [-0.1, -0.05) is 25.1 Å². The van der Waals surface area contributed by atoms with Crippen LogP contribution in [0.15, 0.2) is 36.5 Å². The molecule has 0 unspecified atom stereocenters. The minimum Gasteiger partial charge on any atom is -0.492 e. The number of benzene rings is 1. The van der Waals surface area contributed by atoms with Gasteiger partial charge in [-0.15, -0.1) is 10.2 Å². The lowest BCUT2D eigenvalue weighted by molar-refractivity contribution is 0.418. The molecule has 0 atom stereocenters. The second-order valence-corrected chi connectivity index (χ2v) is 4.41. The fourth-order valence-corrected chi connectivity index (χ4v) is 2.31. The Balaban J connectivity index is 2.30. The third-order valence-electron chi connectivity index (χ3n) is 3.29. The van der Waals surface area contributed by atoms with Crippen LogP contribution in [0.25, 0.3) is 16.8 Å². The number of aryl methyl sites for hydroxylation is 1. The van der Waals surface area contributed by atoms with E-state index in [-0.39, 0.29) is 5.82 Å². The largest absolute Gasteiger partial charge is 0.492 e. The molecule has 0 spiro atoms. The van der Waals surface area contributed by atoms with E-state index in [1.165, 1.54) is 6.07 Å². The zero-order valence-corrected chi connectivity index (χ0v) is 11.3. The van der Waals surface area contributed by atoms with Crippen molar-refractivity contribution < 1.29 is 9.13 Å². The van der Waals surface area contributed by atoms with E-state index >= 15 is 0 Å². The predicted octanol–water partition coefficient (Wildman–Crippen LogP) is 3.11. The third-order valence-corrected chi connectivity index (χ3v) is 3.29. The predicted molar refractivity (Wildman–Crippen MR) is 74.3 cm³/mol. The minimum atomic E-state index is -0.287. The number of hydrogen-bond donors (Lipinski definition) is 0. The highest BCUT2D eigenvalue weighted by Crippen LogP contribution is 2.34. The summed E-state index contributed by atoms with van der Waals surface area (Å²) in [5.41, 5.74) is 1.77. The molecular weight excluding hydrogens is 257 g/mol. The van der Waals surface area contributed by atoms with Crippen LogP contribution in [-0.2, 0) is 6.42 Å². The quantitative estimate of drug-likeness (QED) is 0.734. The van der Waals surface area contributed by atoms with Gasteiger partial charge in [-0.2, -0.15) is 0 Å². The first kappa shape index (κ1) is 12.6. The number of ether oxygens (including phenoxy) is 1. The van der Waals surface area contributed by atoms with Gasteiger partial charge < -0.3 is 4.74 Å². The van der Waals surface area contributed by atoms with E-state index in [9.17, 15) is 4.39 Å². The number of fused-ring (bicyclic) bond motifs is 1. The average molecular weight is 271 g/mol. The van der Waals surface area contributed by atoms with Gasteiger partial charge in [0, 0.05) is 23.7 Å². The standard InChI is InChI=1S/C15H14FN3O/c1-3-13-17-18-15-14(20-2)11(8-9-19(13)15)10-6-4-5-7-12(10)16/h4-9H,3H2,1-2H3. The average Bonchev–Trinajstić information content (AvgIpc) is 2.90. The zero-order valence-electron chi connectivity index (χ0n) is 11.3. The summed E-state index contributed by atoms with van der Waals surface area (Å²) in [6, 6.07) is 8.44. The number of aromatic nitrogens is 3. The highest BCUT2D eigenvalue weighted by atomic mass is 19.1. The Labute approximate surface area is 115 Å². The van der Waals surface area contributed by atoms with E-state index in [0.717, 1.165) is 12.2 Å². The monoisotopic (exact) mass is 271 g/mol. The molecule has 0 bridgehead atoms. The van der Waals surface area contributed by atoms with Crippen molar-refractivity contribution in [2.45, 2.75) is 13.3 Å². The molecule has 0 aliphatic heterocycles. The maximum atomic E-state index is 14.0. The molecule has 4 nitrogen and oxygen atoms in total. The van der Waals surface area contributed by atoms with Crippen LogP contribution >= 0.6 is 0 Å². The number of halogens is 1. The van der Waals surface area contributed by atoms with Crippen molar-refractivity contribution in [1.29, 1.82) is 0 Å². The Morgan fingerprint density at radius 3 is 2.65 bits per heavy atom. The highest BCUT2D eigenvalue weighted by molar-refractivity contribution is 5.77. The topological polar surface area (TPSA) is 39.4 Å². The molecule has 0 saturated carbocycles. The Morgan fingerprint density at radius 1 is 1.15 bits per heavy atom. The summed E-state index contributed by atoms with van der Waals surface area (Å²) < 4.78 is 21.3. The third kappa shape index (κ3) is 1.82. The van der Waals surface area contributed by atoms with E-state index in [1.807, 2.05) is 23.6 Å². The van der Waals surface area contributed by atoms with Crippen molar-refractivity contribution >= 4 is 5.65 Å². The van der Waals surface area contributed by atoms with Crippen LogP contribution in [0.3, 0.4) is 0 Å². The van der Waals surface area contributed by atoms with Crippen molar-refractivity contribution in [3.63, 3.8) is 0 Å². The number of hydrogen-bond acceptors (Lipinski definition) is 3. The Hall–Kier alpha value is -2.43. The summed E-state index contributed by atoms with van der Waals surface area (Å²) in [5.74, 6) is 1.09. The normalized spacial score (nSPS) is 10.9. The number of methoxy groups -OCH3 is 1. The van der Waals surface area contributed by atoms with Gasteiger partial charge in [0.1, 0.15) is 11.6 Å². The van der Waals surface area contributed by atoms with Crippen LogP contribution in [0.2, 0.25) is 0 Å². The fraction of sp³-hybridized carbons (Fsp3) is 0.200. The summed E-state index contributed by atoms with van der Waals surface area (Å²) in [7, 11) is 1.56. The molecule has 0 N–H and O–H groups in total. The molecule has 0 amide bonds. The van der Waals surface area contributed by atoms with Gasteiger partial charge in [0.05, 0.1) is 7.11 Å². The fourth-order valence-electron chi connectivity index (χ4n) is 2.31. The first-order chi connectivity index (χ1) is 9.76. The first-order valence-electron chi connectivity index (χ1n) is 6.41. The van der Waals surface area contributed by atoms with E-state index < -0.39 is 0 Å². The number of pyridine rings is 1. The van der Waals surface area contributed by atoms with Crippen molar-refractivity contribution in [1.82, 2.24) is 14.6 Å². The molecule has 2 aromatic heterocycles. The highest BCUT2D eigenvalue weighted by Gasteiger charge is 2.16. The van der Waals surface area contributed by atoms with Gasteiger partial charge in [0.25, 0.3) is 0 Å². The molecule has 3 rings (SSSR count). The molecule has 0 radical (unpaired) electrons. The Bertz CT molecular complexity index is 767. The van der Waals surface area contributed by atoms with Crippen LogP contribution in [0.5, 0.6) is 5.75 Å². The van der Waals surface area contributed by atoms with Crippen LogP contribution in [0.4, 0.5) is 4.39 Å². The molecule has 0 fully saturated rings. The van der Waals surface area contributed by atoms with Crippen LogP contribution < -0.4 is 4.74 Å². The second kappa shape index (κ2) is 4.92. The van der Waals surface area contributed by atoms with Gasteiger partial charge in [-0.3, -0.25) is 4.40 Å². The maximum Gasteiger partial charge on any atom is 0.203 e. The molecule has 102 valence electrons. The van der Waals surface area contributed by atoms with Gasteiger partial charge in [0.2, 0.25) is 5.65 Å². The van der Waals surface area contributed by atoms with Crippen LogP contribution in [0, 0.1) is 5.82 Å². The van der Waals surface area contributed by atoms with Crippen LogP contribution in [0.1, 0.15) is 12.7 Å². The molecule has 0 aliphatic rings. The molecule has 0 saturated heterocycles. The van der Waals surface area contributed by atoms with Gasteiger partial charge >= 0.3 is 0 Å². The van der Waals surface area contributed by atoms with Gasteiger partial charge in [-0.25, -0.2) is 4.39 Å². The second-order valence-electron chi connectivity index (χ2n) is 4.41. The van der Waals surface area contributed by atoms with Gasteiger partial charge in [-0.05, 0) is 12.1 Å². The first-order valence-corrected chi connectivity index (χ1v) is 6.41. The SMILES string of the molecule is CCc1nnc2c(OC)c(-c3ccccc3F)ccn12. The van der Waals surface area contributed by atoms with E-state index in [0.29, 0.717) is 22.5 Å². The summed E-state index contributed by atoms with van der Waals surface area (Å²) in [6.07, 6.45) is 2.61. The molecule has 20 heavy (non-hydrogen) atoms. The van der Waals surface area contributed by atoms with E-state index in [1.54, 1.807) is 25.3 Å². The molecule has 3 aromatic rings.